The van der Waals surface area contributed by atoms with Gasteiger partial charge in [-0.1, -0.05) is 94.4 Å². The second-order valence-electron chi connectivity index (χ2n) is 7.03. The molecule has 1 N–H and O–H groups in total. The maximum atomic E-state index is 13.6. The summed E-state index contributed by atoms with van der Waals surface area (Å²) in [4.78, 5) is 14.8. The van der Waals surface area contributed by atoms with Gasteiger partial charge in [-0.15, -0.1) is 0 Å². The third-order valence-electron chi connectivity index (χ3n) is 4.97. The number of hydrogen-bond donors (Lipinski definition) is 1. The Morgan fingerprint density at radius 1 is 0.812 bits per heavy atom. The number of carbonyl (C=O) groups is 1. The normalized spacial score (nSPS) is 13.8. The molecule has 0 aliphatic carbocycles. The van der Waals surface area contributed by atoms with E-state index in [2.05, 4.69) is 5.32 Å². The van der Waals surface area contributed by atoms with E-state index >= 15 is 0 Å². The lowest BCUT2D eigenvalue weighted by molar-refractivity contribution is 0.0996. The van der Waals surface area contributed by atoms with Crippen molar-refractivity contribution in [2.45, 2.75) is 6.92 Å². The van der Waals surface area contributed by atoms with Crippen molar-refractivity contribution in [3.8, 4) is 0 Å². The van der Waals surface area contributed by atoms with Crippen LogP contribution in [0.3, 0.4) is 0 Å². The number of amides is 1. The summed E-state index contributed by atoms with van der Waals surface area (Å²) in [5, 5.41) is 3.72. The van der Waals surface area contributed by atoms with Crippen molar-refractivity contribution in [3.05, 3.63) is 104 Å². The zero-order chi connectivity index (χ0) is 23.0. The van der Waals surface area contributed by atoms with E-state index < -0.39 is 5.91 Å². The minimum atomic E-state index is -0.469. The number of allylic oxidation sites excluding steroid dienone is 2. The largest absolute Gasteiger partial charge is 0.355 e. The molecule has 0 unspecified atom stereocenters. The van der Waals surface area contributed by atoms with E-state index in [4.69, 9.17) is 58.0 Å². The fourth-order valence-electron chi connectivity index (χ4n) is 3.32. The van der Waals surface area contributed by atoms with Gasteiger partial charge in [0.05, 0.1) is 31.4 Å². The van der Waals surface area contributed by atoms with Gasteiger partial charge in [0.1, 0.15) is 5.16 Å². The maximum absolute atomic E-state index is 13.6. The predicted molar refractivity (Wildman–Crippen MR) is 137 cm³/mol. The molecule has 3 nitrogen and oxygen atoms in total. The first-order valence-corrected chi connectivity index (χ1v) is 11.4. The van der Waals surface area contributed by atoms with Crippen LogP contribution in [0.5, 0.6) is 0 Å². The van der Waals surface area contributed by atoms with E-state index in [0.717, 1.165) is 16.9 Å². The Balaban J connectivity index is 1.74. The van der Waals surface area contributed by atoms with E-state index in [9.17, 15) is 4.79 Å². The van der Waals surface area contributed by atoms with Gasteiger partial charge in [-0.3, -0.25) is 9.69 Å². The average Bonchev–Trinajstić information content (AvgIpc) is 2.85. The topological polar surface area (TPSA) is 32.3 Å². The van der Waals surface area contributed by atoms with E-state index in [-0.39, 0.29) is 30.8 Å². The second kappa shape index (κ2) is 9.38. The van der Waals surface area contributed by atoms with Crippen LogP contribution >= 0.6 is 58.0 Å². The highest BCUT2D eigenvalue weighted by Crippen LogP contribution is 2.45. The summed E-state index contributed by atoms with van der Waals surface area (Å²) in [6.07, 6.45) is 0. The summed E-state index contributed by atoms with van der Waals surface area (Å²) in [6, 6.07) is 19.9. The molecule has 0 radical (unpaired) electrons. The van der Waals surface area contributed by atoms with Crippen LogP contribution in [0, 0.1) is 6.92 Å². The van der Waals surface area contributed by atoms with Gasteiger partial charge in [0.2, 0.25) is 0 Å². The van der Waals surface area contributed by atoms with Gasteiger partial charge in [-0.2, -0.15) is 0 Å². The number of carbonyl (C=O) groups excluding carboxylic acids is 1. The summed E-state index contributed by atoms with van der Waals surface area (Å²) in [5.41, 5.74) is 3.97. The molecule has 0 atom stereocenters. The zero-order valence-electron chi connectivity index (χ0n) is 16.6. The summed E-state index contributed by atoms with van der Waals surface area (Å²) < 4.78 is 0. The number of fused-ring (bicyclic) bond motifs is 1. The first-order valence-electron chi connectivity index (χ1n) is 9.46. The molecule has 1 heterocycles. The van der Waals surface area contributed by atoms with Crippen LogP contribution in [-0.4, -0.2) is 5.91 Å². The minimum absolute atomic E-state index is 0.0307. The molecule has 8 heteroatoms. The lowest BCUT2D eigenvalue weighted by Crippen LogP contribution is -2.29. The van der Waals surface area contributed by atoms with Crippen LogP contribution in [0.25, 0.3) is 5.03 Å². The molecule has 0 saturated heterocycles. The molecule has 1 amide bonds. The standard InChI is InChI=1S/C24H15Cl5N2O/c1-13-6-2-4-8-18(13)30-14-10-11-15(17(25)12-14)24(32)31-19-9-5-3-7-16(19)20(26)21(27)22(28)23(31)29/h2-12,30H,1H3. The van der Waals surface area contributed by atoms with Gasteiger partial charge in [0.25, 0.3) is 5.91 Å². The Labute approximate surface area is 210 Å². The molecule has 4 rings (SSSR count). The number of halogens is 5. The Hall–Kier alpha value is -2.14. The van der Waals surface area contributed by atoms with Crippen LogP contribution in [0.1, 0.15) is 21.5 Å². The predicted octanol–water partition coefficient (Wildman–Crippen LogP) is 8.85. The van der Waals surface area contributed by atoms with Crippen LogP contribution in [0.4, 0.5) is 17.1 Å². The van der Waals surface area contributed by atoms with Crippen LogP contribution in [0.15, 0.2) is 82.0 Å². The van der Waals surface area contributed by atoms with Crippen molar-refractivity contribution in [2.75, 3.05) is 10.2 Å². The Bertz CT molecular complexity index is 1300. The molecule has 0 spiro atoms. The molecule has 32 heavy (non-hydrogen) atoms. The summed E-state index contributed by atoms with van der Waals surface area (Å²) in [6.45, 7) is 2.00. The highest BCUT2D eigenvalue weighted by atomic mass is 35.5. The number of aryl methyl sites for hydroxylation is 1. The van der Waals surface area contributed by atoms with Gasteiger partial charge in [0.15, 0.2) is 0 Å². The molecule has 1 aliphatic rings. The Morgan fingerprint density at radius 2 is 1.50 bits per heavy atom. The molecule has 0 aromatic heterocycles. The molecule has 1 aliphatic heterocycles. The van der Waals surface area contributed by atoms with E-state index in [1.807, 2.05) is 31.2 Å². The quantitative estimate of drug-likeness (QED) is 0.347. The number of rotatable bonds is 3. The van der Waals surface area contributed by atoms with Gasteiger partial charge in [0, 0.05) is 16.9 Å². The summed E-state index contributed by atoms with van der Waals surface area (Å²) in [7, 11) is 0. The molecule has 162 valence electrons. The Kier molecular flexibility index (Phi) is 6.75. The number of hydrogen-bond acceptors (Lipinski definition) is 2. The maximum Gasteiger partial charge on any atom is 0.265 e. The summed E-state index contributed by atoms with van der Waals surface area (Å²) in [5.74, 6) is -0.469. The molecule has 3 aromatic rings. The van der Waals surface area contributed by atoms with Crippen LogP contribution in [0.2, 0.25) is 5.02 Å². The van der Waals surface area contributed by atoms with Crippen LogP contribution < -0.4 is 10.2 Å². The zero-order valence-corrected chi connectivity index (χ0v) is 20.4. The summed E-state index contributed by atoms with van der Waals surface area (Å²) >= 11 is 32.1. The van der Waals surface area contributed by atoms with Gasteiger partial charge >= 0.3 is 0 Å². The first-order chi connectivity index (χ1) is 15.3. The van der Waals surface area contributed by atoms with Gasteiger partial charge < -0.3 is 5.32 Å². The monoisotopic (exact) mass is 522 g/mol. The number of nitrogens with one attached hydrogen (secondary N) is 1. The van der Waals surface area contributed by atoms with Crippen molar-refractivity contribution >= 4 is 86.0 Å². The van der Waals surface area contributed by atoms with E-state index in [1.54, 1.807) is 42.5 Å². The fourth-order valence-corrected chi connectivity index (χ4v) is 4.56. The smallest absolute Gasteiger partial charge is 0.265 e. The number of nitrogens with zero attached hydrogens (tertiary/aromatic N) is 1. The van der Waals surface area contributed by atoms with Crippen LogP contribution in [-0.2, 0) is 0 Å². The molecular formula is C24H15Cl5N2O. The molecule has 0 saturated carbocycles. The lowest BCUT2D eigenvalue weighted by atomic mass is 10.1. The Morgan fingerprint density at radius 3 is 2.22 bits per heavy atom. The third kappa shape index (κ3) is 4.24. The van der Waals surface area contributed by atoms with Crippen molar-refractivity contribution in [3.63, 3.8) is 0 Å². The van der Waals surface area contributed by atoms with E-state index in [0.29, 0.717) is 11.3 Å². The number of anilines is 3. The van der Waals surface area contributed by atoms with Gasteiger partial charge in [-0.05, 0) is 42.8 Å². The van der Waals surface area contributed by atoms with Crippen molar-refractivity contribution < 1.29 is 4.79 Å². The van der Waals surface area contributed by atoms with Crippen molar-refractivity contribution in [1.82, 2.24) is 0 Å². The first kappa shape index (κ1) is 23.0. The minimum Gasteiger partial charge on any atom is -0.355 e. The molecule has 0 fully saturated rings. The molecule has 3 aromatic carbocycles. The SMILES string of the molecule is Cc1ccccc1Nc1ccc(C(=O)N2C(Cl)=C(Cl)C(Cl)=C(Cl)c3ccccc32)c(Cl)c1. The number of benzene rings is 3. The average molecular weight is 525 g/mol. The van der Waals surface area contributed by atoms with Crippen molar-refractivity contribution in [2.24, 2.45) is 0 Å². The number of para-hydroxylation sites is 2. The molecular weight excluding hydrogens is 510 g/mol. The van der Waals surface area contributed by atoms with Crippen molar-refractivity contribution in [1.29, 1.82) is 0 Å². The lowest BCUT2D eigenvalue weighted by Gasteiger charge is -2.24. The highest BCUT2D eigenvalue weighted by Gasteiger charge is 2.31. The van der Waals surface area contributed by atoms with Gasteiger partial charge in [-0.25, -0.2) is 0 Å². The highest BCUT2D eigenvalue weighted by molar-refractivity contribution is 6.60. The molecule has 0 bridgehead atoms. The van der Waals surface area contributed by atoms with E-state index in [1.165, 1.54) is 4.90 Å². The second-order valence-corrected chi connectivity index (χ2v) is 8.92. The fraction of sp³-hybridized carbons (Fsp3) is 0.0417. The third-order valence-corrected chi connectivity index (χ3v) is 7.07.